The maximum Gasteiger partial charge on any atom is 0.325 e. The van der Waals surface area contributed by atoms with Crippen molar-refractivity contribution in [3.8, 4) is 0 Å². The summed E-state index contributed by atoms with van der Waals surface area (Å²) in [7, 11) is 0. The van der Waals surface area contributed by atoms with Crippen LogP contribution < -0.4 is 5.32 Å². The lowest BCUT2D eigenvalue weighted by Crippen LogP contribution is -2.45. The Morgan fingerprint density at radius 1 is 1.21 bits per heavy atom. The zero-order valence-corrected chi connectivity index (χ0v) is 17.3. The number of rotatable bonds is 6. The van der Waals surface area contributed by atoms with E-state index in [1.165, 1.54) is 0 Å². The van der Waals surface area contributed by atoms with Crippen LogP contribution in [0.4, 0.5) is 4.79 Å². The van der Waals surface area contributed by atoms with E-state index in [1.54, 1.807) is 11.3 Å². The van der Waals surface area contributed by atoms with Crippen LogP contribution >= 0.6 is 11.3 Å². The van der Waals surface area contributed by atoms with Gasteiger partial charge in [-0.15, -0.1) is 11.3 Å². The second-order valence-electron chi connectivity index (χ2n) is 7.60. The normalized spacial score (nSPS) is 24.2. The van der Waals surface area contributed by atoms with Crippen LogP contribution in [0.3, 0.4) is 0 Å². The topological polar surface area (TPSA) is 69.7 Å². The molecule has 0 spiro atoms. The van der Waals surface area contributed by atoms with Crippen LogP contribution in [-0.4, -0.2) is 40.7 Å². The molecule has 2 atom stereocenters. The third-order valence-corrected chi connectivity index (χ3v) is 6.78. The largest absolute Gasteiger partial charge is 0.333 e. The second-order valence-corrected chi connectivity index (χ2v) is 8.58. The quantitative estimate of drug-likeness (QED) is 0.738. The minimum atomic E-state index is -1.09. The molecule has 2 aliphatic heterocycles. The van der Waals surface area contributed by atoms with Crippen LogP contribution in [0.5, 0.6) is 0 Å². The average molecular weight is 412 g/mol. The number of carbonyl (C=O) groups is 3. The lowest BCUT2D eigenvalue weighted by molar-refractivity contribution is -0.139. The van der Waals surface area contributed by atoms with Crippen molar-refractivity contribution in [3.63, 3.8) is 0 Å². The minimum absolute atomic E-state index is 0.0396. The number of imide groups is 1. The number of thiophene rings is 1. The summed E-state index contributed by atoms with van der Waals surface area (Å²) in [6.07, 6.45) is 3.07. The first-order chi connectivity index (χ1) is 14.1. The number of likely N-dealkylation sites (tertiary alicyclic amines) is 1. The molecule has 0 saturated carbocycles. The third-order valence-electron chi connectivity index (χ3n) is 5.81. The van der Waals surface area contributed by atoms with Gasteiger partial charge in [-0.2, -0.15) is 0 Å². The molecule has 2 saturated heterocycles. The van der Waals surface area contributed by atoms with Crippen LogP contribution in [0.2, 0.25) is 0 Å². The fourth-order valence-corrected chi connectivity index (χ4v) is 5.32. The Kier molecular flexibility index (Phi) is 5.41. The van der Waals surface area contributed by atoms with Crippen molar-refractivity contribution in [2.45, 2.75) is 44.2 Å². The first-order valence-electron chi connectivity index (χ1n) is 10.1. The number of hydrogen-bond donors (Lipinski definition) is 1. The summed E-state index contributed by atoms with van der Waals surface area (Å²) in [6, 6.07) is 12.9. The smallest absolute Gasteiger partial charge is 0.325 e. The molecule has 0 unspecified atom stereocenters. The molecule has 0 bridgehead atoms. The predicted molar refractivity (Wildman–Crippen MR) is 111 cm³/mol. The predicted octanol–water partition coefficient (Wildman–Crippen LogP) is 3.66. The molecular formula is C22H25N3O3S. The van der Waals surface area contributed by atoms with Crippen LogP contribution in [0.1, 0.15) is 49.1 Å². The molecule has 1 aromatic carbocycles. The van der Waals surface area contributed by atoms with Gasteiger partial charge < -0.3 is 10.2 Å². The highest BCUT2D eigenvalue weighted by atomic mass is 32.1. The molecular weight excluding hydrogens is 386 g/mol. The minimum Gasteiger partial charge on any atom is -0.333 e. The Labute approximate surface area is 174 Å². The highest BCUT2D eigenvalue weighted by Crippen LogP contribution is 2.36. The lowest BCUT2D eigenvalue weighted by atomic mass is 9.85. The van der Waals surface area contributed by atoms with E-state index in [-0.39, 0.29) is 24.4 Å². The number of hydrogen-bond acceptors (Lipinski definition) is 4. The van der Waals surface area contributed by atoms with E-state index >= 15 is 0 Å². The van der Waals surface area contributed by atoms with Gasteiger partial charge in [0.15, 0.2) is 0 Å². The highest BCUT2D eigenvalue weighted by molar-refractivity contribution is 7.10. The summed E-state index contributed by atoms with van der Waals surface area (Å²) < 4.78 is 0. The highest BCUT2D eigenvalue weighted by Gasteiger charge is 2.52. The van der Waals surface area contributed by atoms with Gasteiger partial charge >= 0.3 is 6.03 Å². The summed E-state index contributed by atoms with van der Waals surface area (Å²) >= 11 is 1.64. The lowest BCUT2D eigenvalue weighted by Gasteiger charge is -2.28. The van der Waals surface area contributed by atoms with Gasteiger partial charge in [0.25, 0.3) is 5.91 Å². The number of urea groups is 1. The SMILES string of the molecule is CCC[C@]1(c2ccccc2)NC(=O)N(CC(=O)N2CCC[C@H]2c2cccs2)C1=O. The zero-order valence-electron chi connectivity index (χ0n) is 16.5. The number of benzene rings is 1. The summed E-state index contributed by atoms with van der Waals surface area (Å²) in [5.74, 6) is -0.513. The van der Waals surface area contributed by atoms with Crippen molar-refractivity contribution in [2.75, 3.05) is 13.1 Å². The van der Waals surface area contributed by atoms with Gasteiger partial charge in [0.2, 0.25) is 5.91 Å². The Hall–Kier alpha value is -2.67. The summed E-state index contributed by atoms with van der Waals surface area (Å²) in [4.78, 5) is 43.2. The second kappa shape index (κ2) is 7.99. The van der Waals surface area contributed by atoms with Crippen molar-refractivity contribution in [2.24, 2.45) is 0 Å². The molecule has 7 heteroatoms. The zero-order chi connectivity index (χ0) is 20.4. The number of nitrogens with one attached hydrogen (secondary N) is 1. The Bertz CT molecular complexity index is 899. The Morgan fingerprint density at radius 2 is 2.00 bits per heavy atom. The van der Waals surface area contributed by atoms with Gasteiger partial charge in [-0.05, 0) is 36.3 Å². The molecule has 4 amide bonds. The van der Waals surface area contributed by atoms with Gasteiger partial charge in [-0.3, -0.25) is 14.5 Å². The molecule has 1 aromatic heterocycles. The fourth-order valence-electron chi connectivity index (χ4n) is 4.44. The van der Waals surface area contributed by atoms with E-state index in [0.717, 1.165) is 34.6 Å². The van der Waals surface area contributed by atoms with Gasteiger partial charge in [0.05, 0.1) is 6.04 Å². The number of carbonyl (C=O) groups excluding carboxylic acids is 3. The molecule has 4 rings (SSSR count). The van der Waals surface area contributed by atoms with Crippen molar-refractivity contribution < 1.29 is 14.4 Å². The van der Waals surface area contributed by atoms with Crippen molar-refractivity contribution in [1.82, 2.24) is 15.1 Å². The van der Waals surface area contributed by atoms with Gasteiger partial charge in [0.1, 0.15) is 12.1 Å². The van der Waals surface area contributed by atoms with Crippen LogP contribution in [-0.2, 0) is 15.1 Å². The van der Waals surface area contributed by atoms with Crippen molar-refractivity contribution in [3.05, 3.63) is 58.3 Å². The maximum absolute atomic E-state index is 13.4. The van der Waals surface area contributed by atoms with E-state index in [4.69, 9.17) is 0 Å². The van der Waals surface area contributed by atoms with E-state index in [0.29, 0.717) is 13.0 Å². The monoisotopic (exact) mass is 411 g/mol. The van der Waals surface area contributed by atoms with Crippen LogP contribution in [0.25, 0.3) is 0 Å². The summed E-state index contributed by atoms with van der Waals surface area (Å²) in [5, 5.41) is 4.89. The number of nitrogens with zero attached hydrogens (tertiary/aromatic N) is 2. The molecule has 0 radical (unpaired) electrons. The Morgan fingerprint density at radius 3 is 2.69 bits per heavy atom. The fraction of sp³-hybridized carbons (Fsp3) is 0.409. The molecule has 6 nitrogen and oxygen atoms in total. The van der Waals surface area contributed by atoms with E-state index in [1.807, 2.05) is 59.7 Å². The Balaban J connectivity index is 1.55. The summed E-state index contributed by atoms with van der Waals surface area (Å²) in [6.45, 7) is 2.42. The van der Waals surface area contributed by atoms with Crippen LogP contribution in [0.15, 0.2) is 47.8 Å². The first kappa shape index (κ1) is 19.6. The van der Waals surface area contributed by atoms with Gasteiger partial charge in [0, 0.05) is 11.4 Å². The standard InChI is InChI=1S/C22H25N3O3S/c1-2-12-22(16-8-4-3-5-9-16)20(27)25(21(28)23-22)15-19(26)24-13-6-10-17(24)18-11-7-14-29-18/h3-5,7-9,11,14,17H,2,6,10,12-13,15H2,1H3,(H,23,28)/t17-,22+/m0/s1. The third kappa shape index (κ3) is 3.44. The molecule has 2 aromatic rings. The molecule has 2 aliphatic rings. The van der Waals surface area contributed by atoms with E-state index in [9.17, 15) is 14.4 Å². The molecule has 3 heterocycles. The molecule has 152 valence electrons. The molecule has 2 fully saturated rings. The van der Waals surface area contributed by atoms with Crippen molar-refractivity contribution in [1.29, 1.82) is 0 Å². The van der Waals surface area contributed by atoms with Crippen LogP contribution in [0, 0.1) is 0 Å². The van der Waals surface area contributed by atoms with Crippen molar-refractivity contribution >= 4 is 29.2 Å². The first-order valence-corrected chi connectivity index (χ1v) is 11.0. The van der Waals surface area contributed by atoms with Gasteiger partial charge in [-0.25, -0.2) is 4.79 Å². The summed E-state index contributed by atoms with van der Waals surface area (Å²) in [5.41, 5.74) is -0.335. The molecule has 0 aliphatic carbocycles. The maximum atomic E-state index is 13.4. The number of amides is 4. The van der Waals surface area contributed by atoms with E-state index < -0.39 is 11.6 Å². The van der Waals surface area contributed by atoms with E-state index in [2.05, 4.69) is 5.32 Å². The molecule has 1 N–H and O–H groups in total. The van der Waals surface area contributed by atoms with Gasteiger partial charge in [-0.1, -0.05) is 49.7 Å². The average Bonchev–Trinajstić information content (AvgIpc) is 3.46. The molecule has 29 heavy (non-hydrogen) atoms.